The van der Waals surface area contributed by atoms with Gasteiger partial charge in [-0.3, -0.25) is 0 Å². The van der Waals surface area contributed by atoms with Crippen molar-refractivity contribution in [3.05, 3.63) is 10.1 Å². The molecule has 224 valence electrons. The molecule has 4 nitrogen and oxygen atoms in total. The molecule has 0 heterocycles. The molecule has 0 rings (SSSR count). The zero-order valence-corrected chi connectivity index (χ0v) is 26.8. The molecule has 0 fully saturated rings. The predicted molar refractivity (Wildman–Crippen MR) is 168 cm³/mol. The molecule has 0 aromatic heterocycles. The summed E-state index contributed by atoms with van der Waals surface area (Å²) in [4.78, 5) is 12.1. The van der Waals surface area contributed by atoms with Gasteiger partial charge in [0.05, 0.1) is 0 Å². The van der Waals surface area contributed by atoms with Gasteiger partial charge in [0.15, 0.2) is 0 Å². The van der Waals surface area contributed by atoms with Crippen molar-refractivity contribution in [2.75, 3.05) is 24.6 Å². The Bertz CT molecular complexity index is 439. The first-order valence-corrected chi connectivity index (χ1v) is 19.7. The van der Waals surface area contributed by atoms with E-state index < -0.39 is 6.83 Å². The van der Waals surface area contributed by atoms with Gasteiger partial charge in [0, 0.05) is 0 Å². The van der Waals surface area contributed by atoms with E-state index in [1.165, 1.54) is 128 Å². The van der Waals surface area contributed by atoms with Crippen LogP contribution in [0, 0.1) is 10.1 Å². The van der Waals surface area contributed by atoms with E-state index in [1.807, 2.05) is 0 Å². The molecule has 0 atom stereocenters. The van der Waals surface area contributed by atoms with Crippen LogP contribution < -0.4 is 0 Å². The molecule has 5 heteroatoms. The molecule has 37 heavy (non-hydrogen) atoms. The van der Waals surface area contributed by atoms with Gasteiger partial charge in [0.25, 0.3) is 0 Å². The Balaban J connectivity index is 5.57. The standard InChI is InChI=1S/C32H68NO3P/c1-5-9-13-17-21-25-29-37(36-33(34)35,30-26-22-18-14-10-6-2,31-27-23-19-15-11-7-3)32-28-24-20-16-12-8-4/h5-32H2,1-4H3. The van der Waals surface area contributed by atoms with Crippen LogP contribution in [0.2, 0.25) is 0 Å². The molecular weight excluding hydrogens is 477 g/mol. The van der Waals surface area contributed by atoms with Gasteiger partial charge < -0.3 is 0 Å². The van der Waals surface area contributed by atoms with Crippen LogP contribution in [0.1, 0.15) is 182 Å². The maximum atomic E-state index is 12.1. The summed E-state index contributed by atoms with van der Waals surface area (Å²) >= 11 is 0. The van der Waals surface area contributed by atoms with E-state index in [0.717, 1.165) is 50.3 Å². The number of nitrogens with zero attached hydrogens (tertiary/aromatic N) is 1. The molecule has 0 aliphatic rings. The van der Waals surface area contributed by atoms with Gasteiger partial charge >= 0.3 is 233 Å². The van der Waals surface area contributed by atoms with E-state index in [-0.39, 0.29) is 5.09 Å². The second kappa shape index (κ2) is 24.7. The van der Waals surface area contributed by atoms with Crippen LogP contribution in [0.5, 0.6) is 0 Å². The fraction of sp³-hybridized carbons (Fsp3) is 1.00. The van der Waals surface area contributed by atoms with Crippen LogP contribution in [0.3, 0.4) is 0 Å². The number of rotatable bonds is 30. The third kappa shape index (κ3) is 19.4. The van der Waals surface area contributed by atoms with Gasteiger partial charge in [0.2, 0.25) is 0 Å². The average molecular weight is 546 g/mol. The normalized spacial score (nSPS) is 12.9. The average Bonchev–Trinajstić information content (AvgIpc) is 2.88. The Morgan fingerprint density at radius 2 is 0.649 bits per heavy atom. The van der Waals surface area contributed by atoms with Crippen molar-refractivity contribution < 1.29 is 9.71 Å². The zero-order valence-electron chi connectivity index (χ0n) is 25.9. The molecule has 0 aliphatic carbocycles. The van der Waals surface area contributed by atoms with E-state index in [9.17, 15) is 10.1 Å². The summed E-state index contributed by atoms with van der Waals surface area (Å²) < 4.78 is 6.19. The van der Waals surface area contributed by atoms with Gasteiger partial charge in [-0.25, -0.2) is 0 Å². The minimum atomic E-state index is -2.89. The fourth-order valence-corrected chi connectivity index (χ4v) is 12.3. The number of hydrogen-bond acceptors (Lipinski definition) is 3. The van der Waals surface area contributed by atoms with Crippen molar-refractivity contribution in [2.24, 2.45) is 0 Å². The first kappa shape index (κ1) is 36.6. The van der Waals surface area contributed by atoms with E-state index in [0.29, 0.717) is 0 Å². The Hall–Kier alpha value is -0.370. The zero-order chi connectivity index (χ0) is 27.5. The Morgan fingerprint density at radius 1 is 0.432 bits per heavy atom. The Kier molecular flexibility index (Phi) is 24.4. The van der Waals surface area contributed by atoms with Crippen LogP contribution in [0.4, 0.5) is 0 Å². The van der Waals surface area contributed by atoms with Crippen LogP contribution in [0.25, 0.3) is 0 Å². The van der Waals surface area contributed by atoms with E-state index in [4.69, 9.17) is 4.62 Å². The Morgan fingerprint density at radius 3 is 0.865 bits per heavy atom. The third-order valence-electron chi connectivity index (χ3n) is 8.61. The van der Waals surface area contributed by atoms with Crippen molar-refractivity contribution in [3.63, 3.8) is 0 Å². The quantitative estimate of drug-likeness (QED) is 0.0390. The molecule has 0 radical (unpaired) electrons. The summed E-state index contributed by atoms with van der Waals surface area (Å²) in [7, 11) is 0. The molecule has 0 spiro atoms. The number of hydrogen-bond donors (Lipinski definition) is 0. The van der Waals surface area contributed by atoms with E-state index in [2.05, 4.69) is 27.7 Å². The monoisotopic (exact) mass is 545 g/mol. The van der Waals surface area contributed by atoms with Gasteiger partial charge in [-0.1, -0.05) is 0 Å². The topological polar surface area (TPSA) is 52.4 Å². The molecule has 0 saturated carbocycles. The molecule has 0 saturated heterocycles. The van der Waals surface area contributed by atoms with Crippen LogP contribution in [-0.4, -0.2) is 29.7 Å². The molecule has 0 unspecified atom stereocenters. The summed E-state index contributed by atoms with van der Waals surface area (Å²) in [5, 5.41) is 11.8. The van der Waals surface area contributed by atoms with Gasteiger partial charge in [-0.05, 0) is 0 Å². The molecule has 0 aromatic carbocycles. The van der Waals surface area contributed by atoms with Crippen molar-refractivity contribution in [2.45, 2.75) is 182 Å². The van der Waals surface area contributed by atoms with Crippen molar-refractivity contribution in [3.8, 4) is 0 Å². The summed E-state index contributed by atoms with van der Waals surface area (Å²) in [6, 6.07) is 0. The van der Waals surface area contributed by atoms with Crippen LogP contribution in [0.15, 0.2) is 0 Å². The summed E-state index contributed by atoms with van der Waals surface area (Å²) in [6.07, 6.45) is 33.9. The molecule has 0 amide bonds. The van der Waals surface area contributed by atoms with Crippen molar-refractivity contribution in [1.29, 1.82) is 0 Å². The minimum absolute atomic E-state index is 0.347. The van der Waals surface area contributed by atoms with Crippen LogP contribution in [-0.2, 0) is 4.62 Å². The van der Waals surface area contributed by atoms with Crippen molar-refractivity contribution >= 4 is 6.83 Å². The first-order valence-electron chi connectivity index (χ1n) is 16.8. The second-order valence-corrected chi connectivity index (χ2v) is 17.8. The third-order valence-corrected chi connectivity index (χ3v) is 15.0. The van der Waals surface area contributed by atoms with Gasteiger partial charge in [-0.2, -0.15) is 0 Å². The van der Waals surface area contributed by atoms with Gasteiger partial charge in [0.1, 0.15) is 0 Å². The molecular formula is C32H68NO3P. The van der Waals surface area contributed by atoms with E-state index in [1.54, 1.807) is 0 Å². The SMILES string of the molecule is CCCCCCCCP(CCCCCCCC)(CCCCCCCC)(CCCCCCCC)O[N+](=O)[O-]. The predicted octanol–water partition coefficient (Wildman–Crippen LogP) is 12.1. The summed E-state index contributed by atoms with van der Waals surface area (Å²) in [6.45, 7) is 6.17. The summed E-state index contributed by atoms with van der Waals surface area (Å²) in [5.74, 6) is 0. The number of unbranched alkanes of at least 4 members (excludes halogenated alkanes) is 20. The fourth-order valence-electron chi connectivity index (χ4n) is 6.19. The molecule has 0 aliphatic heterocycles. The van der Waals surface area contributed by atoms with Crippen LogP contribution >= 0.6 is 6.83 Å². The van der Waals surface area contributed by atoms with Crippen molar-refractivity contribution in [1.82, 2.24) is 0 Å². The second-order valence-electron chi connectivity index (χ2n) is 12.1. The van der Waals surface area contributed by atoms with Gasteiger partial charge in [-0.15, -0.1) is 0 Å². The summed E-state index contributed by atoms with van der Waals surface area (Å²) in [5.41, 5.74) is 0. The molecule has 0 aromatic rings. The van der Waals surface area contributed by atoms with E-state index >= 15 is 0 Å². The molecule has 0 N–H and O–H groups in total. The Labute approximate surface area is 233 Å². The molecule has 0 bridgehead atoms. The maximum absolute atomic E-state index is 12.1. The first-order chi connectivity index (χ1) is 18.0.